The first-order valence-corrected chi connectivity index (χ1v) is 6.14. The molecule has 0 aliphatic rings. The highest BCUT2D eigenvalue weighted by Crippen LogP contribution is 2.35. The molecule has 0 aliphatic carbocycles. The summed E-state index contributed by atoms with van der Waals surface area (Å²) in [4.78, 5) is 23.5. The number of hydrogen-bond donors (Lipinski definition) is 3. The molecule has 1 amide bonds. The fourth-order valence-electron chi connectivity index (χ4n) is 1.97. The zero-order valence-corrected chi connectivity index (χ0v) is 11.5. The number of nitrogens with zero attached hydrogens (tertiary/aromatic N) is 2. The fourth-order valence-corrected chi connectivity index (χ4v) is 1.97. The number of para-hydroxylation sites is 1. The lowest BCUT2D eigenvalue weighted by atomic mass is 10.1. The summed E-state index contributed by atoms with van der Waals surface area (Å²) >= 11 is 0. The molecule has 0 aliphatic heterocycles. The number of rotatable bonds is 7. The van der Waals surface area contributed by atoms with Crippen LogP contribution in [0, 0.1) is 16.0 Å². The number of nitrogen functional groups attached to an aromatic ring is 1. The predicted octanol–water partition coefficient (Wildman–Crippen LogP) is 0.828. The second-order valence-corrected chi connectivity index (χ2v) is 4.82. The van der Waals surface area contributed by atoms with Crippen LogP contribution in [0.4, 0.5) is 17.1 Å². The number of carbonyl (C=O) groups excluding carboxylic acids is 1. The molecule has 1 rings (SSSR count). The van der Waals surface area contributed by atoms with Gasteiger partial charge in [0, 0.05) is 6.54 Å². The number of hydrogen-bond acceptors (Lipinski definition) is 6. The minimum Gasteiger partial charge on any atom is -0.368 e. The SMILES string of the molecule is CC(C)CN(CC(N)=O)c1cccc(NN)c1[N+](=O)[O-]. The van der Waals surface area contributed by atoms with Crippen molar-refractivity contribution in [1.29, 1.82) is 0 Å². The monoisotopic (exact) mass is 281 g/mol. The second kappa shape index (κ2) is 6.71. The minimum absolute atomic E-state index is 0.0902. The van der Waals surface area contributed by atoms with E-state index in [1.165, 1.54) is 6.07 Å². The van der Waals surface area contributed by atoms with Gasteiger partial charge in [-0.2, -0.15) is 0 Å². The fraction of sp³-hybridized carbons (Fsp3) is 0.417. The van der Waals surface area contributed by atoms with Crippen LogP contribution in [-0.4, -0.2) is 23.9 Å². The molecule has 5 N–H and O–H groups in total. The second-order valence-electron chi connectivity index (χ2n) is 4.82. The average molecular weight is 281 g/mol. The van der Waals surface area contributed by atoms with E-state index in [1.807, 2.05) is 13.8 Å². The molecule has 0 spiro atoms. The first-order chi connectivity index (χ1) is 9.36. The molecule has 0 fully saturated rings. The van der Waals surface area contributed by atoms with Gasteiger partial charge in [-0.15, -0.1) is 0 Å². The molecule has 1 aromatic carbocycles. The van der Waals surface area contributed by atoms with Gasteiger partial charge in [0.15, 0.2) is 0 Å². The van der Waals surface area contributed by atoms with Crippen molar-refractivity contribution in [1.82, 2.24) is 0 Å². The molecule has 110 valence electrons. The van der Waals surface area contributed by atoms with Crippen molar-refractivity contribution < 1.29 is 9.72 Å². The molecule has 0 heterocycles. The molecular weight excluding hydrogens is 262 g/mol. The van der Waals surface area contributed by atoms with Crippen LogP contribution in [-0.2, 0) is 4.79 Å². The van der Waals surface area contributed by atoms with E-state index in [-0.39, 0.29) is 23.8 Å². The van der Waals surface area contributed by atoms with Gasteiger partial charge >= 0.3 is 5.69 Å². The third-order valence-corrected chi connectivity index (χ3v) is 2.63. The molecule has 8 nitrogen and oxygen atoms in total. The summed E-state index contributed by atoms with van der Waals surface area (Å²) in [5, 5.41) is 11.2. The first-order valence-electron chi connectivity index (χ1n) is 6.14. The van der Waals surface area contributed by atoms with Gasteiger partial charge in [0.05, 0.1) is 11.5 Å². The lowest BCUT2D eigenvalue weighted by Gasteiger charge is -2.25. The Labute approximate surface area is 116 Å². The molecule has 0 saturated carbocycles. The number of primary amides is 1. The van der Waals surface area contributed by atoms with Crippen molar-refractivity contribution in [2.24, 2.45) is 17.5 Å². The number of benzene rings is 1. The van der Waals surface area contributed by atoms with E-state index in [9.17, 15) is 14.9 Å². The predicted molar refractivity (Wildman–Crippen MR) is 77.2 cm³/mol. The van der Waals surface area contributed by atoms with Crippen LogP contribution in [0.15, 0.2) is 18.2 Å². The standard InChI is InChI=1S/C12H19N5O3/c1-8(2)6-16(7-11(13)18)10-5-3-4-9(15-14)12(10)17(19)20/h3-5,8,15H,6-7,14H2,1-2H3,(H2,13,18). The van der Waals surface area contributed by atoms with Crippen molar-refractivity contribution in [2.45, 2.75) is 13.8 Å². The number of amides is 1. The third-order valence-electron chi connectivity index (χ3n) is 2.63. The van der Waals surface area contributed by atoms with E-state index in [2.05, 4.69) is 5.43 Å². The van der Waals surface area contributed by atoms with E-state index < -0.39 is 10.8 Å². The summed E-state index contributed by atoms with van der Waals surface area (Å²) < 4.78 is 0. The zero-order valence-electron chi connectivity index (χ0n) is 11.5. The van der Waals surface area contributed by atoms with Crippen molar-refractivity contribution in [3.8, 4) is 0 Å². The van der Waals surface area contributed by atoms with Crippen molar-refractivity contribution in [2.75, 3.05) is 23.4 Å². The number of anilines is 2. The number of carbonyl (C=O) groups is 1. The summed E-state index contributed by atoms with van der Waals surface area (Å²) in [6.07, 6.45) is 0. The van der Waals surface area contributed by atoms with Crippen LogP contribution in [0.5, 0.6) is 0 Å². The summed E-state index contributed by atoms with van der Waals surface area (Å²) in [6, 6.07) is 4.70. The maximum Gasteiger partial charge on any atom is 0.316 e. The summed E-state index contributed by atoms with van der Waals surface area (Å²) in [5.41, 5.74) is 7.84. The Balaban J connectivity index is 3.30. The van der Waals surface area contributed by atoms with Crippen LogP contribution in [0.1, 0.15) is 13.8 Å². The quantitative estimate of drug-likeness (QED) is 0.386. The van der Waals surface area contributed by atoms with Gasteiger partial charge in [-0.05, 0) is 18.1 Å². The molecule has 0 unspecified atom stereocenters. The van der Waals surface area contributed by atoms with Gasteiger partial charge < -0.3 is 16.1 Å². The molecule has 20 heavy (non-hydrogen) atoms. The number of nitrogens with two attached hydrogens (primary N) is 2. The molecule has 8 heteroatoms. The lowest BCUT2D eigenvalue weighted by Crippen LogP contribution is -2.36. The number of nitro benzene ring substituents is 1. The molecular formula is C12H19N5O3. The Kier molecular flexibility index (Phi) is 5.27. The van der Waals surface area contributed by atoms with Gasteiger partial charge in [-0.25, -0.2) is 0 Å². The van der Waals surface area contributed by atoms with E-state index >= 15 is 0 Å². The Morgan fingerprint density at radius 1 is 1.50 bits per heavy atom. The van der Waals surface area contributed by atoms with Crippen LogP contribution in [0.3, 0.4) is 0 Å². The highest BCUT2D eigenvalue weighted by molar-refractivity contribution is 5.83. The van der Waals surface area contributed by atoms with E-state index in [4.69, 9.17) is 11.6 Å². The van der Waals surface area contributed by atoms with Crippen LogP contribution < -0.4 is 21.9 Å². The zero-order chi connectivity index (χ0) is 15.3. The number of nitrogens with one attached hydrogen (secondary N) is 1. The van der Waals surface area contributed by atoms with E-state index in [1.54, 1.807) is 17.0 Å². The van der Waals surface area contributed by atoms with E-state index in [0.717, 1.165) is 0 Å². The minimum atomic E-state index is -0.550. The van der Waals surface area contributed by atoms with Gasteiger partial charge in [-0.3, -0.25) is 20.8 Å². The van der Waals surface area contributed by atoms with Gasteiger partial charge in [0.2, 0.25) is 5.91 Å². The molecule has 0 bridgehead atoms. The maximum atomic E-state index is 11.2. The molecule has 0 atom stereocenters. The van der Waals surface area contributed by atoms with Crippen molar-refractivity contribution in [3.05, 3.63) is 28.3 Å². The Morgan fingerprint density at radius 3 is 2.60 bits per heavy atom. The molecule has 0 saturated heterocycles. The van der Waals surface area contributed by atoms with Crippen LogP contribution in [0.25, 0.3) is 0 Å². The maximum absolute atomic E-state index is 11.2. The Hall–Kier alpha value is -2.35. The van der Waals surface area contributed by atoms with Gasteiger partial charge in [0.25, 0.3) is 0 Å². The van der Waals surface area contributed by atoms with Crippen LogP contribution >= 0.6 is 0 Å². The lowest BCUT2D eigenvalue weighted by molar-refractivity contribution is -0.383. The summed E-state index contributed by atoms with van der Waals surface area (Å²) in [6.45, 7) is 4.28. The number of hydrazine groups is 1. The molecule has 0 aromatic heterocycles. The normalized spacial score (nSPS) is 10.4. The first kappa shape index (κ1) is 15.7. The number of nitro groups is 1. The van der Waals surface area contributed by atoms with Gasteiger partial charge in [0.1, 0.15) is 11.4 Å². The average Bonchev–Trinajstić information content (AvgIpc) is 2.35. The molecule has 1 aromatic rings. The van der Waals surface area contributed by atoms with E-state index in [0.29, 0.717) is 12.2 Å². The van der Waals surface area contributed by atoms with Gasteiger partial charge in [-0.1, -0.05) is 19.9 Å². The van der Waals surface area contributed by atoms with Crippen LogP contribution in [0.2, 0.25) is 0 Å². The smallest absolute Gasteiger partial charge is 0.316 e. The highest BCUT2D eigenvalue weighted by Gasteiger charge is 2.24. The summed E-state index contributed by atoms with van der Waals surface area (Å²) in [5.74, 6) is 4.96. The topological polar surface area (TPSA) is 128 Å². The molecule has 0 radical (unpaired) electrons. The largest absolute Gasteiger partial charge is 0.368 e. The Morgan fingerprint density at radius 2 is 2.15 bits per heavy atom. The highest BCUT2D eigenvalue weighted by atomic mass is 16.6. The van der Waals surface area contributed by atoms with Crippen molar-refractivity contribution in [3.63, 3.8) is 0 Å². The Bertz CT molecular complexity index is 504. The summed E-state index contributed by atoms with van der Waals surface area (Å²) in [7, 11) is 0. The third kappa shape index (κ3) is 3.82. The van der Waals surface area contributed by atoms with Crippen molar-refractivity contribution >= 4 is 23.0 Å².